The van der Waals surface area contributed by atoms with Crippen molar-refractivity contribution in [3.05, 3.63) is 53.6 Å². The van der Waals surface area contributed by atoms with Gasteiger partial charge in [0.2, 0.25) is 0 Å². The van der Waals surface area contributed by atoms with Crippen LogP contribution < -0.4 is 4.90 Å². The summed E-state index contributed by atoms with van der Waals surface area (Å²) in [6.45, 7) is 3.10. The fraction of sp³-hybridized carbons (Fsp3) is 0.350. The highest BCUT2D eigenvalue weighted by atomic mass is 19.1. The van der Waals surface area contributed by atoms with Crippen LogP contribution in [0.4, 0.5) is 15.8 Å². The Kier molecular flexibility index (Phi) is 3.34. The standard InChI is InChI=1S/C20H19FN2/c1-20(9-10-20)8-7-15-4-2-6-19-18(15)5-3-11-23(19)17-12-16(21)13-22-14-17/h2,4,6,12-14H,3,5,9-11H2,1H3. The third-order valence-electron chi connectivity index (χ3n) is 4.75. The Balaban J connectivity index is 1.75. The molecular formula is C20H19FN2. The second kappa shape index (κ2) is 5.38. The van der Waals surface area contributed by atoms with E-state index < -0.39 is 0 Å². The molecule has 0 bridgehead atoms. The SMILES string of the molecule is CC1(C#Cc2cccc3c2CCCN3c2cncc(F)c2)CC1. The third kappa shape index (κ3) is 2.82. The summed E-state index contributed by atoms with van der Waals surface area (Å²) in [5.41, 5.74) is 4.56. The molecule has 2 aliphatic rings. The number of rotatable bonds is 1. The fourth-order valence-electron chi connectivity index (χ4n) is 3.09. The first-order valence-electron chi connectivity index (χ1n) is 8.18. The van der Waals surface area contributed by atoms with Crippen molar-refractivity contribution in [1.82, 2.24) is 4.98 Å². The number of anilines is 2. The van der Waals surface area contributed by atoms with Crippen LogP contribution in [0.5, 0.6) is 0 Å². The predicted molar refractivity (Wildman–Crippen MR) is 90.2 cm³/mol. The van der Waals surface area contributed by atoms with E-state index in [1.54, 1.807) is 12.3 Å². The first-order valence-corrected chi connectivity index (χ1v) is 8.18. The van der Waals surface area contributed by atoms with Gasteiger partial charge in [0.25, 0.3) is 0 Å². The maximum absolute atomic E-state index is 13.5. The lowest BCUT2D eigenvalue weighted by molar-refractivity contribution is 0.620. The first kappa shape index (κ1) is 14.3. The number of halogens is 1. The van der Waals surface area contributed by atoms with Crippen LogP contribution in [0, 0.1) is 23.1 Å². The summed E-state index contributed by atoms with van der Waals surface area (Å²) < 4.78 is 13.5. The molecule has 2 nitrogen and oxygen atoms in total. The number of hydrogen-bond donors (Lipinski definition) is 0. The number of hydrogen-bond acceptors (Lipinski definition) is 2. The summed E-state index contributed by atoms with van der Waals surface area (Å²) >= 11 is 0. The highest BCUT2D eigenvalue weighted by Crippen LogP contribution is 2.44. The topological polar surface area (TPSA) is 16.1 Å². The molecule has 0 saturated heterocycles. The van der Waals surface area contributed by atoms with Crippen molar-refractivity contribution < 1.29 is 4.39 Å². The monoisotopic (exact) mass is 306 g/mol. The third-order valence-corrected chi connectivity index (χ3v) is 4.75. The summed E-state index contributed by atoms with van der Waals surface area (Å²) in [5, 5.41) is 0. The lowest BCUT2D eigenvalue weighted by Crippen LogP contribution is -2.25. The maximum atomic E-state index is 13.5. The number of aromatic nitrogens is 1. The highest BCUT2D eigenvalue weighted by Gasteiger charge is 2.35. The molecular weight excluding hydrogens is 287 g/mol. The molecule has 0 N–H and O–H groups in total. The van der Waals surface area contributed by atoms with Crippen molar-refractivity contribution in [2.24, 2.45) is 5.41 Å². The minimum atomic E-state index is -0.299. The fourth-order valence-corrected chi connectivity index (χ4v) is 3.09. The Morgan fingerprint density at radius 1 is 1.26 bits per heavy atom. The van der Waals surface area contributed by atoms with Crippen molar-refractivity contribution in [3.8, 4) is 11.8 Å². The van der Waals surface area contributed by atoms with Gasteiger partial charge < -0.3 is 4.90 Å². The van der Waals surface area contributed by atoms with Crippen LogP contribution in [0.25, 0.3) is 0 Å². The summed E-state index contributed by atoms with van der Waals surface area (Å²) in [6.07, 6.45) is 7.44. The molecule has 2 heterocycles. The Hall–Kier alpha value is -2.34. The Morgan fingerprint density at radius 3 is 2.91 bits per heavy atom. The molecule has 0 amide bonds. The molecule has 1 saturated carbocycles. The molecule has 4 rings (SSSR count). The summed E-state index contributed by atoms with van der Waals surface area (Å²) in [7, 11) is 0. The second-order valence-electron chi connectivity index (χ2n) is 6.73. The molecule has 1 aromatic heterocycles. The highest BCUT2D eigenvalue weighted by molar-refractivity contribution is 5.70. The molecule has 116 valence electrons. The molecule has 1 aliphatic carbocycles. The average Bonchev–Trinajstić information content (AvgIpc) is 3.30. The van der Waals surface area contributed by atoms with Gasteiger partial charge in [-0.15, -0.1) is 0 Å². The quantitative estimate of drug-likeness (QED) is 0.723. The lowest BCUT2D eigenvalue weighted by atomic mass is 9.95. The number of fused-ring (bicyclic) bond motifs is 1. The minimum Gasteiger partial charge on any atom is -0.340 e. The van der Waals surface area contributed by atoms with Gasteiger partial charge in [-0.2, -0.15) is 0 Å². The number of pyridine rings is 1. The van der Waals surface area contributed by atoms with E-state index in [1.165, 1.54) is 24.6 Å². The number of nitrogens with zero attached hydrogens (tertiary/aromatic N) is 2. The zero-order chi connectivity index (χ0) is 15.9. The predicted octanol–water partition coefficient (Wildman–Crippen LogP) is 4.46. The summed E-state index contributed by atoms with van der Waals surface area (Å²) in [5.74, 6) is 6.52. The van der Waals surface area contributed by atoms with E-state index in [-0.39, 0.29) is 11.2 Å². The molecule has 1 fully saturated rings. The van der Waals surface area contributed by atoms with Crippen LogP contribution in [-0.4, -0.2) is 11.5 Å². The van der Waals surface area contributed by atoms with Gasteiger partial charge in [0.15, 0.2) is 0 Å². The van der Waals surface area contributed by atoms with E-state index >= 15 is 0 Å². The lowest BCUT2D eigenvalue weighted by Gasteiger charge is -2.31. The van der Waals surface area contributed by atoms with Crippen LogP contribution >= 0.6 is 0 Å². The molecule has 0 spiro atoms. The largest absolute Gasteiger partial charge is 0.340 e. The van der Waals surface area contributed by atoms with Crippen LogP contribution in [0.2, 0.25) is 0 Å². The molecule has 23 heavy (non-hydrogen) atoms. The van der Waals surface area contributed by atoms with Gasteiger partial charge >= 0.3 is 0 Å². The van der Waals surface area contributed by atoms with Crippen LogP contribution in [0.3, 0.4) is 0 Å². The van der Waals surface area contributed by atoms with Gasteiger partial charge in [-0.1, -0.05) is 17.9 Å². The van der Waals surface area contributed by atoms with Crippen molar-refractivity contribution in [2.75, 3.05) is 11.4 Å². The maximum Gasteiger partial charge on any atom is 0.143 e. The molecule has 0 unspecified atom stereocenters. The number of benzene rings is 1. The van der Waals surface area contributed by atoms with E-state index in [0.29, 0.717) is 0 Å². The van der Waals surface area contributed by atoms with E-state index in [1.807, 2.05) is 6.07 Å². The first-order chi connectivity index (χ1) is 11.1. The molecule has 0 atom stereocenters. The van der Waals surface area contributed by atoms with Crippen molar-refractivity contribution in [1.29, 1.82) is 0 Å². The van der Waals surface area contributed by atoms with Gasteiger partial charge in [-0.05, 0) is 50.3 Å². The van der Waals surface area contributed by atoms with E-state index in [0.717, 1.165) is 36.3 Å². The zero-order valence-electron chi connectivity index (χ0n) is 13.3. The zero-order valence-corrected chi connectivity index (χ0v) is 13.3. The van der Waals surface area contributed by atoms with Crippen molar-refractivity contribution in [3.63, 3.8) is 0 Å². The van der Waals surface area contributed by atoms with E-state index in [9.17, 15) is 4.39 Å². The van der Waals surface area contributed by atoms with Gasteiger partial charge in [0.05, 0.1) is 18.1 Å². The van der Waals surface area contributed by atoms with Crippen LogP contribution in [-0.2, 0) is 6.42 Å². The summed E-state index contributed by atoms with van der Waals surface area (Å²) in [6, 6.07) is 7.79. The Labute approximate surface area is 136 Å². The van der Waals surface area contributed by atoms with Gasteiger partial charge in [-0.25, -0.2) is 4.39 Å². The van der Waals surface area contributed by atoms with Crippen molar-refractivity contribution in [2.45, 2.75) is 32.6 Å². The van der Waals surface area contributed by atoms with E-state index in [2.05, 4.69) is 40.8 Å². The molecule has 0 radical (unpaired) electrons. The molecule has 3 heteroatoms. The van der Waals surface area contributed by atoms with Gasteiger partial charge in [0, 0.05) is 29.3 Å². The smallest absolute Gasteiger partial charge is 0.143 e. The minimum absolute atomic E-state index is 0.226. The summed E-state index contributed by atoms with van der Waals surface area (Å²) in [4.78, 5) is 6.14. The van der Waals surface area contributed by atoms with Crippen molar-refractivity contribution >= 4 is 11.4 Å². The molecule has 2 aromatic rings. The van der Waals surface area contributed by atoms with Gasteiger partial charge in [-0.3, -0.25) is 4.98 Å². The molecule has 1 aliphatic heterocycles. The van der Waals surface area contributed by atoms with E-state index in [4.69, 9.17) is 0 Å². The van der Waals surface area contributed by atoms with Gasteiger partial charge in [0.1, 0.15) is 5.82 Å². The van der Waals surface area contributed by atoms with Crippen LogP contribution in [0.15, 0.2) is 36.7 Å². The average molecular weight is 306 g/mol. The van der Waals surface area contributed by atoms with Crippen LogP contribution in [0.1, 0.15) is 37.3 Å². The second-order valence-corrected chi connectivity index (χ2v) is 6.73. The Bertz CT molecular complexity index is 812. The Morgan fingerprint density at radius 2 is 2.13 bits per heavy atom. The normalized spacial score (nSPS) is 17.9. The molecule has 1 aromatic carbocycles.